The Morgan fingerprint density at radius 1 is 1.50 bits per heavy atom. The summed E-state index contributed by atoms with van der Waals surface area (Å²) in [5, 5.41) is 15.8. The summed E-state index contributed by atoms with van der Waals surface area (Å²) >= 11 is 0. The molecule has 98 valence electrons. The first-order valence-corrected chi connectivity index (χ1v) is 6.18. The van der Waals surface area contributed by atoms with E-state index in [2.05, 4.69) is 10.4 Å². The van der Waals surface area contributed by atoms with Gasteiger partial charge in [-0.1, -0.05) is 6.42 Å². The van der Waals surface area contributed by atoms with Crippen LogP contribution in [0.2, 0.25) is 0 Å². The molecule has 2 atom stereocenters. The lowest BCUT2D eigenvalue weighted by Crippen LogP contribution is -2.29. The molecule has 0 unspecified atom stereocenters. The van der Waals surface area contributed by atoms with Crippen molar-refractivity contribution < 1.29 is 14.7 Å². The number of hydrogen-bond donors (Lipinski definition) is 2. The molecule has 1 aliphatic carbocycles. The van der Waals surface area contributed by atoms with Gasteiger partial charge in [-0.15, -0.1) is 0 Å². The van der Waals surface area contributed by atoms with Gasteiger partial charge < -0.3 is 10.4 Å². The van der Waals surface area contributed by atoms with Gasteiger partial charge in [0.2, 0.25) is 5.91 Å². The van der Waals surface area contributed by atoms with Gasteiger partial charge in [-0.2, -0.15) is 5.10 Å². The van der Waals surface area contributed by atoms with Crippen molar-refractivity contribution in [1.29, 1.82) is 0 Å². The zero-order valence-electron chi connectivity index (χ0n) is 10.3. The maximum atomic E-state index is 12.0. The molecule has 1 aromatic rings. The Bertz CT molecular complexity index is 455. The third-order valence-electron chi connectivity index (χ3n) is 3.39. The number of nitrogens with one attached hydrogen (secondary N) is 1. The molecule has 1 fully saturated rings. The summed E-state index contributed by atoms with van der Waals surface area (Å²) in [6.07, 6.45) is 5.34. The summed E-state index contributed by atoms with van der Waals surface area (Å²) in [4.78, 5) is 23.0. The molecule has 1 aromatic heterocycles. The summed E-state index contributed by atoms with van der Waals surface area (Å²) < 4.78 is 1.71. The summed E-state index contributed by atoms with van der Waals surface area (Å²) in [6.45, 7) is 2.69. The third-order valence-corrected chi connectivity index (χ3v) is 3.39. The van der Waals surface area contributed by atoms with E-state index in [4.69, 9.17) is 5.11 Å². The van der Waals surface area contributed by atoms with Crippen molar-refractivity contribution in [3.8, 4) is 0 Å². The van der Waals surface area contributed by atoms with Crippen molar-refractivity contribution in [2.24, 2.45) is 11.8 Å². The molecule has 1 aliphatic rings. The highest BCUT2D eigenvalue weighted by Crippen LogP contribution is 2.32. The minimum atomic E-state index is -0.878. The van der Waals surface area contributed by atoms with Crippen molar-refractivity contribution in [3.05, 3.63) is 12.4 Å². The van der Waals surface area contributed by atoms with Crippen LogP contribution in [0.15, 0.2) is 12.4 Å². The number of aromatic nitrogens is 2. The lowest BCUT2D eigenvalue weighted by molar-refractivity contribution is -0.145. The number of anilines is 1. The van der Waals surface area contributed by atoms with E-state index >= 15 is 0 Å². The molecule has 1 amide bonds. The molecule has 0 saturated heterocycles. The van der Waals surface area contributed by atoms with E-state index in [-0.39, 0.29) is 5.91 Å². The molecule has 0 aliphatic heterocycles. The first-order chi connectivity index (χ1) is 8.61. The van der Waals surface area contributed by atoms with Gasteiger partial charge >= 0.3 is 5.97 Å². The fourth-order valence-corrected chi connectivity index (χ4v) is 2.41. The summed E-state index contributed by atoms with van der Waals surface area (Å²) in [6, 6.07) is 0. The maximum absolute atomic E-state index is 12.0. The Balaban J connectivity index is 2.01. The lowest BCUT2D eigenvalue weighted by Gasteiger charge is -2.14. The van der Waals surface area contributed by atoms with E-state index in [9.17, 15) is 9.59 Å². The molecule has 1 heterocycles. The molecule has 2 rings (SSSR count). The molecule has 6 heteroatoms. The second kappa shape index (κ2) is 5.20. The van der Waals surface area contributed by atoms with E-state index in [1.54, 1.807) is 17.1 Å². The molecular formula is C12H17N3O3. The predicted octanol–water partition coefficient (Wildman–Crippen LogP) is 1.34. The smallest absolute Gasteiger partial charge is 0.307 e. The second-order valence-corrected chi connectivity index (χ2v) is 4.56. The summed E-state index contributed by atoms with van der Waals surface area (Å²) in [5.74, 6) is -2.06. The molecule has 1 saturated carbocycles. The number of carboxylic acid groups (broad SMARTS) is 1. The number of carboxylic acids is 1. The van der Waals surface area contributed by atoms with Gasteiger partial charge in [-0.25, -0.2) is 0 Å². The fraction of sp³-hybridized carbons (Fsp3) is 0.583. The van der Waals surface area contributed by atoms with Gasteiger partial charge in [0.1, 0.15) is 0 Å². The molecule has 0 radical (unpaired) electrons. The quantitative estimate of drug-likeness (QED) is 0.845. The number of aliphatic carboxylic acids is 1. The Hall–Kier alpha value is -1.85. The monoisotopic (exact) mass is 251 g/mol. The minimum absolute atomic E-state index is 0.212. The zero-order chi connectivity index (χ0) is 13.1. The van der Waals surface area contributed by atoms with E-state index < -0.39 is 17.8 Å². The molecule has 2 N–H and O–H groups in total. The number of amides is 1. The number of carbonyl (C=O) groups is 2. The SMILES string of the molecule is CCn1cc(NC(=O)[C@@H]2CCC[C@@H]2C(=O)O)cn1. The predicted molar refractivity (Wildman–Crippen MR) is 65.0 cm³/mol. The Labute approximate surface area is 105 Å². The van der Waals surface area contributed by atoms with E-state index in [1.807, 2.05) is 6.92 Å². The van der Waals surface area contributed by atoms with Crippen molar-refractivity contribution in [2.45, 2.75) is 32.7 Å². The van der Waals surface area contributed by atoms with Crippen LogP contribution in [0, 0.1) is 11.8 Å². The third kappa shape index (κ3) is 2.52. The van der Waals surface area contributed by atoms with Crippen molar-refractivity contribution in [1.82, 2.24) is 9.78 Å². The molecule has 0 bridgehead atoms. The average molecular weight is 251 g/mol. The highest BCUT2D eigenvalue weighted by Gasteiger charge is 2.37. The van der Waals surface area contributed by atoms with Crippen LogP contribution >= 0.6 is 0 Å². The topological polar surface area (TPSA) is 84.2 Å². The Morgan fingerprint density at radius 3 is 2.83 bits per heavy atom. The van der Waals surface area contributed by atoms with Crippen LogP contribution in [-0.2, 0) is 16.1 Å². The number of nitrogens with zero attached hydrogens (tertiary/aromatic N) is 2. The van der Waals surface area contributed by atoms with Crippen molar-refractivity contribution >= 4 is 17.6 Å². The second-order valence-electron chi connectivity index (χ2n) is 4.56. The summed E-state index contributed by atoms with van der Waals surface area (Å²) in [5.41, 5.74) is 0.623. The average Bonchev–Trinajstić information content (AvgIpc) is 2.96. The van der Waals surface area contributed by atoms with E-state index in [0.29, 0.717) is 18.5 Å². The van der Waals surface area contributed by atoms with Gasteiger partial charge in [0, 0.05) is 12.7 Å². The molecule has 6 nitrogen and oxygen atoms in total. The van der Waals surface area contributed by atoms with Crippen LogP contribution < -0.4 is 5.32 Å². The standard InChI is InChI=1S/C12H17N3O3/c1-2-15-7-8(6-13-15)14-11(16)9-4-3-5-10(9)12(17)18/h6-7,9-10H,2-5H2,1H3,(H,14,16)(H,17,18)/t9-,10+/m1/s1. The van der Waals surface area contributed by atoms with Crippen LogP contribution in [0.3, 0.4) is 0 Å². The number of hydrogen-bond acceptors (Lipinski definition) is 3. The number of aryl methyl sites for hydroxylation is 1. The number of carbonyl (C=O) groups excluding carboxylic acids is 1. The highest BCUT2D eigenvalue weighted by atomic mass is 16.4. The van der Waals surface area contributed by atoms with Gasteiger partial charge in [0.25, 0.3) is 0 Å². The fourth-order valence-electron chi connectivity index (χ4n) is 2.41. The van der Waals surface area contributed by atoms with Gasteiger partial charge in [-0.05, 0) is 19.8 Å². The van der Waals surface area contributed by atoms with Gasteiger partial charge in [0.15, 0.2) is 0 Å². The molecule has 0 spiro atoms. The van der Waals surface area contributed by atoms with Crippen LogP contribution in [0.1, 0.15) is 26.2 Å². The van der Waals surface area contributed by atoms with E-state index in [1.165, 1.54) is 0 Å². The van der Waals surface area contributed by atoms with Gasteiger partial charge in [-0.3, -0.25) is 14.3 Å². The summed E-state index contributed by atoms with van der Waals surface area (Å²) in [7, 11) is 0. The van der Waals surface area contributed by atoms with Crippen molar-refractivity contribution in [2.75, 3.05) is 5.32 Å². The van der Waals surface area contributed by atoms with E-state index in [0.717, 1.165) is 13.0 Å². The normalized spacial score (nSPS) is 22.9. The molecule has 0 aromatic carbocycles. The Morgan fingerprint density at radius 2 is 2.22 bits per heavy atom. The molecular weight excluding hydrogens is 234 g/mol. The first-order valence-electron chi connectivity index (χ1n) is 6.18. The van der Waals surface area contributed by atoms with Crippen LogP contribution in [0.5, 0.6) is 0 Å². The van der Waals surface area contributed by atoms with Crippen molar-refractivity contribution in [3.63, 3.8) is 0 Å². The highest BCUT2D eigenvalue weighted by molar-refractivity contribution is 5.95. The zero-order valence-corrected chi connectivity index (χ0v) is 10.3. The van der Waals surface area contributed by atoms with Crippen LogP contribution in [-0.4, -0.2) is 26.8 Å². The lowest BCUT2D eigenvalue weighted by atomic mass is 9.95. The number of rotatable bonds is 4. The van der Waals surface area contributed by atoms with Crippen LogP contribution in [0.4, 0.5) is 5.69 Å². The van der Waals surface area contributed by atoms with Crippen LogP contribution in [0.25, 0.3) is 0 Å². The molecule has 18 heavy (non-hydrogen) atoms. The Kier molecular flexibility index (Phi) is 3.64. The van der Waals surface area contributed by atoms with Gasteiger partial charge in [0.05, 0.1) is 23.7 Å². The first kappa shape index (κ1) is 12.6. The largest absolute Gasteiger partial charge is 0.481 e. The minimum Gasteiger partial charge on any atom is -0.481 e. The maximum Gasteiger partial charge on any atom is 0.307 e.